The fourth-order valence-electron chi connectivity index (χ4n) is 3.67. The van der Waals surface area contributed by atoms with Crippen molar-refractivity contribution in [3.63, 3.8) is 0 Å². The van der Waals surface area contributed by atoms with Gasteiger partial charge in [0.2, 0.25) is 0 Å². The van der Waals surface area contributed by atoms with Crippen molar-refractivity contribution < 1.29 is 14.3 Å². The molecule has 2 aromatic rings. The first-order valence-electron chi connectivity index (χ1n) is 9.98. The lowest BCUT2D eigenvalue weighted by Crippen LogP contribution is -2.48. The predicted molar refractivity (Wildman–Crippen MR) is 109 cm³/mol. The molecule has 1 amide bonds. The fourth-order valence-corrected chi connectivity index (χ4v) is 3.67. The number of Topliss-reactive ketones (excluding diaryl/α,β-unsaturated/α-hetero) is 1. The lowest BCUT2D eigenvalue weighted by atomic mass is 10.2. The number of piperazine rings is 1. The molecule has 3 heterocycles. The number of carbonyl (C=O) groups excluding carboxylic acids is 2. The number of aromatic nitrogens is 4. The minimum absolute atomic E-state index is 0.112. The molecule has 0 unspecified atom stereocenters. The highest BCUT2D eigenvalue weighted by atomic mass is 16.6. The van der Waals surface area contributed by atoms with Gasteiger partial charge in [-0.3, -0.25) is 23.6 Å². The van der Waals surface area contributed by atoms with E-state index < -0.39 is 17.3 Å². The van der Waals surface area contributed by atoms with Gasteiger partial charge in [0.05, 0.1) is 19.2 Å². The molecule has 1 fully saturated rings. The Morgan fingerprint density at radius 2 is 1.73 bits per heavy atom. The summed E-state index contributed by atoms with van der Waals surface area (Å²) in [6, 6.07) is -0.601. The quantitative estimate of drug-likeness (QED) is 0.662. The summed E-state index contributed by atoms with van der Waals surface area (Å²) in [4.78, 5) is 57.5. The Hall–Kier alpha value is -2.95. The molecule has 0 aliphatic carbocycles. The summed E-state index contributed by atoms with van der Waals surface area (Å²) in [5.74, 6) is 0.425. The van der Waals surface area contributed by atoms with E-state index in [1.165, 1.54) is 18.5 Å². The van der Waals surface area contributed by atoms with Crippen LogP contribution < -0.4 is 11.2 Å². The van der Waals surface area contributed by atoms with Crippen molar-refractivity contribution in [3.8, 4) is 0 Å². The standard InChI is InChI=1S/C19H28N6O5/c1-6-30-19(29)24-9-7-23(8-10-24)11-14-20-16-15(25(14)12(2)13(3)26)17(27)22(5)18(28)21(16)4/h12H,6-11H2,1-5H3/t12-/m1/s1. The Balaban J connectivity index is 1.97. The lowest BCUT2D eigenvalue weighted by molar-refractivity contribution is -0.119. The van der Waals surface area contributed by atoms with Crippen molar-refractivity contribution in [2.75, 3.05) is 32.8 Å². The molecule has 0 spiro atoms. The van der Waals surface area contributed by atoms with Gasteiger partial charge in [0.1, 0.15) is 5.82 Å². The highest BCUT2D eigenvalue weighted by Gasteiger charge is 2.27. The summed E-state index contributed by atoms with van der Waals surface area (Å²) in [5, 5.41) is 0. The van der Waals surface area contributed by atoms with Gasteiger partial charge < -0.3 is 14.2 Å². The van der Waals surface area contributed by atoms with E-state index in [-0.39, 0.29) is 23.0 Å². The van der Waals surface area contributed by atoms with E-state index in [1.807, 2.05) is 0 Å². The molecule has 11 nitrogen and oxygen atoms in total. The third-order valence-electron chi connectivity index (χ3n) is 5.60. The van der Waals surface area contributed by atoms with Gasteiger partial charge >= 0.3 is 11.8 Å². The number of hydrogen-bond donors (Lipinski definition) is 0. The van der Waals surface area contributed by atoms with Crippen molar-refractivity contribution in [2.45, 2.75) is 33.4 Å². The Labute approximate surface area is 173 Å². The summed E-state index contributed by atoms with van der Waals surface area (Å²) in [5.41, 5.74) is -0.451. The molecule has 1 aliphatic rings. The predicted octanol–water partition coefficient (Wildman–Crippen LogP) is -0.142. The number of aryl methyl sites for hydroxylation is 1. The minimum atomic E-state index is -0.601. The zero-order chi connectivity index (χ0) is 22.2. The van der Waals surface area contributed by atoms with Crippen molar-refractivity contribution in [1.82, 2.24) is 28.5 Å². The summed E-state index contributed by atoms with van der Waals surface area (Å²) >= 11 is 0. The second-order valence-corrected chi connectivity index (χ2v) is 7.52. The number of nitrogens with zero attached hydrogens (tertiary/aromatic N) is 6. The number of fused-ring (bicyclic) bond motifs is 1. The van der Waals surface area contributed by atoms with Crippen molar-refractivity contribution in [3.05, 3.63) is 26.7 Å². The molecule has 1 aliphatic heterocycles. The summed E-state index contributed by atoms with van der Waals surface area (Å²) in [7, 11) is 2.97. The zero-order valence-corrected chi connectivity index (χ0v) is 18.0. The average Bonchev–Trinajstić information content (AvgIpc) is 3.09. The Morgan fingerprint density at radius 1 is 1.10 bits per heavy atom. The van der Waals surface area contributed by atoms with Crippen LogP contribution in [0.2, 0.25) is 0 Å². The van der Waals surface area contributed by atoms with Gasteiger partial charge in [-0.1, -0.05) is 0 Å². The molecule has 11 heteroatoms. The average molecular weight is 420 g/mol. The molecule has 1 atom stereocenters. The third-order valence-corrected chi connectivity index (χ3v) is 5.60. The van der Waals surface area contributed by atoms with Gasteiger partial charge in [-0.05, 0) is 20.8 Å². The van der Waals surface area contributed by atoms with Crippen LogP contribution in [0.15, 0.2) is 9.59 Å². The van der Waals surface area contributed by atoms with Gasteiger partial charge in [0, 0.05) is 40.3 Å². The largest absolute Gasteiger partial charge is 0.450 e. The molecule has 164 valence electrons. The molecule has 3 rings (SSSR count). The Bertz CT molecular complexity index is 1090. The second-order valence-electron chi connectivity index (χ2n) is 7.52. The number of rotatable bonds is 5. The van der Waals surface area contributed by atoms with Crippen LogP contribution in [0.3, 0.4) is 0 Å². The van der Waals surface area contributed by atoms with Crippen LogP contribution in [0.5, 0.6) is 0 Å². The Kier molecular flexibility index (Phi) is 6.11. The minimum Gasteiger partial charge on any atom is -0.450 e. The van der Waals surface area contributed by atoms with E-state index in [4.69, 9.17) is 4.74 Å². The van der Waals surface area contributed by atoms with Crippen LogP contribution in [-0.2, 0) is 30.2 Å². The number of amides is 1. The summed E-state index contributed by atoms with van der Waals surface area (Å²) in [6.45, 7) is 7.91. The maximum absolute atomic E-state index is 12.8. The van der Waals surface area contributed by atoms with E-state index in [9.17, 15) is 19.2 Å². The highest BCUT2D eigenvalue weighted by Crippen LogP contribution is 2.20. The van der Waals surface area contributed by atoms with Crippen molar-refractivity contribution in [2.24, 2.45) is 14.1 Å². The Morgan fingerprint density at radius 3 is 2.30 bits per heavy atom. The summed E-state index contributed by atoms with van der Waals surface area (Å²) in [6.07, 6.45) is -0.326. The molecular formula is C19H28N6O5. The molecule has 1 saturated heterocycles. The van der Waals surface area contributed by atoms with Gasteiger partial charge in [0.15, 0.2) is 16.9 Å². The molecule has 0 N–H and O–H groups in total. The number of ether oxygens (including phenoxy) is 1. The molecular weight excluding hydrogens is 392 g/mol. The number of ketones is 1. The third kappa shape index (κ3) is 3.76. The van der Waals surface area contributed by atoms with Gasteiger partial charge in [-0.2, -0.15) is 0 Å². The van der Waals surface area contributed by atoms with Gasteiger partial charge in [-0.25, -0.2) is 14.6 Å². The second kappa shape index (κ2) is 8.42. The van der Waals surface area contributed by atoms with Crippen LogP contribution in [0.1, 0.15) is 32.6 Å². The first kappa shape index (κ1) is 21.8. The van der Waals surface area contributed by atoms with Crippen LogP contribution in [0.4, 0.5) is 4.79 Å². The lowest BCUT2D eigenvalue weighted by Gasteiger charge is -2.34. The van der Waals surface area contributed by atoms with E-state index >= 15 is 0 Å². The first-order chi connectivity index (χ1) is 14.2. The molecule has 0 radical (unpaired) electrons. The van der Waals surface area contributed by atoms with E-state index in [0.717, 1.165) is 4.57 Å². The van der Waals surface area contributed by atoms with Crippen molar-refractivity contribution >= 4 is 23.0 Å². The zero-order valence-electron chi connectivity index (χ0n) is 18.0. The normalized spacial score (nSPS) is 16.1. The van der Waals surface area contributed by atoms with E-state index in [1.54, 1.807) is 30.4 Å². The highest BCUT2D eigenvalue weighted by molar-refractivity contribution is 5.82. The molecule has 2 aromatic heterocycles. The van der Waals surface area contributed by atoms with Crippen LogP contribution in [0.25, 0.3) is 11.2 Å². The van der Waals surface area contributed by atoms with E-state index in [2.05, 4.69) is 9.88 Å². The van der Waals surface area contributed by atoms with Gasteiger partial charge in [0.25, 0.3) is 5.56 Å². The van der Waals surface area contributed by atoms with Crippen LogP contribution in [0, 0.1) is 0 Å². The SMILES string of the molecule is CCOC(=O)N1CCN(Cc2nc3c(c(=O)n(C)c(=O)n3C)n2[C@H](C)C(C)=O)CC1. The van der Waals surface area contributed by atoms with Crippen molar-refractivity contribution in [1.29, 1.82) is 0 Å². The fraction of sp³-hybridized carbons (Fsp3) is 0.632. The molecule has 0 saturated carbocycles. The smallest absolute Gasteiger partial charge is 0.409 e. The number of carbonyl (C=O) groups is 2. The van der Waals surface area contributed by atoms with E-state index in [0.29, 0.717) is 45.2 Å². The number of hydrogen-bond acceptors (Lipinski definition) is 7. The maximum atomic E-state index is 12.8. The molecule has 0 bridgehead atoms. The molecule has 0 aromatic carbocycles. The number of imidazole rings is 1. The van der Waals surface area contributed by atoms with Gasteiger partial charge in [-0.15, -0.1) is 0 Å². The van der Waals surface area contributed by atoms with Crippen LogP contribution in [-0.4, -0.2) is 73.1 Å². The first-order valence-corrected chi connectivity index (χ1v) is 9.98. The monoisotopic (exact) mass is 420 g/mol. The molecule has 30 heavy (non-hydrogen) atoms. The summed E-state index contributed by atoms with van der Waals surface area (Å²) < 4.78 is 9.03. The topological polar surface area (TPSA) is 112 Å². The van der Waals surface area contributed by atoms with Crippen LogP contribution >= 0.6 is 0 Å². The maximum Gasteiger partial charge on any atom is 0.409 e.